The molecule has 6 heteroatoms. The molecule has 3 aromatic rings. The molecule has 5 nitrogen and oxygen atoms in total. The van der Waals surface area contributed by atoms with Crippen molar-refractivity contribution in [1.82, 2.24) is 14.9 Å². The molecule has 0 N–H and O–H groups in total. The molecule has 130 valence electrons. The Morgan fingerprint density at radius 2 is 1.96 bits per heavy atom. The van der Waals surface area contributed by atoms with E-state index < -0.39 is 0 Å². The first-order valence-corrected chi connectivity index (χ1v) is 8.83. The van der Waals surface area contributed by atoms with E-state index in [-0.39, 0.29) is 0 Å². The Hall–Kier alpha value is -2.44. The van der Waals surface area contributed by atoms with E-state index in [1.54, 1.807) is 31.8 Å². The maximum Gasteiger partial charge on any atom is 0.142 e. The third-order valence-corrected chi connectivity index (χ3v) is 4.72. The predicted molar refractivity (Wildman–Crippen MR) is 100 cm³/mol. The van der Waals surface area contributed by atoms with Gasteiger partial charge in [0.2, 0.25) is 0 Å². The van der Waals surface area contributed by atoms with Gasteiger partial charge in [0.25, 0.3) is 0 Å². The lowest BCUT2D eigenvalue weighted by atomic mass is 10.1. The molecule has 0 bridgehead atoms. The quantitative estimate of drug-likeness (QED) is 0.644. The summed E-state index contributed by atoms with van der Waals surface area (Å²) in [4.78, 5) is 11.3. The number of aromatic nitrogens is 2. The highest BCUT2D eigenvalue weighted by molar-refractivity contribution is 7.13. The van der Waals surface area contributed by atoms with Crippen LogP contribution in [0.5, 0.6) is 11.5 Å². The fraction of sp³-hybridized carbons (Fsp3) is 0.263. The number of rotatable bonds is 7. The lowest BCUT2D eigenvalue weighted by Gasteiger charge is -2.18. The highest BCUT2D eigenvalue weighted by atomic mass is 32.1. The number of methoxy groups -OCH3 is 2. The SMILES string of the molecule is COc1ccc(CN(C)Cc2csc(-c3ccccn3)n2)c(OC)c1. The summed E-state index contributed by atoms with van der Waals surface area (Å²) < 4.78 is 10.7. The number of benzene rings is 1. The summed E-state index contributed by atoms with van der Waals surface area (Å²) in [5.41, 5.74) is 3.07. The lowest BCUT2D eigenvalue weighted by Crippen LogP contribution is -2.18. The Morgan fingerprint density at radius 3 is 2.68 bits per heavy atom. The fourth-order valence-corrected chi connectivity index (χ4v) is 3.38. The van der Waals surface area contributed by atoms with Gasteiger partial charge in [-0.3, -0.25) is 9.88 Å². The molecule has 0 unspecified atom stereocenters. The first kappa shape index (κ1) is 17.4. The molecule has 0 aliphatic heterocycles. The van der Waals surface area contributed by atoms with Gasteiger partial charge in [0.15, 0.2) is 0 Å². The van der Waals surface area contributed by atoms with E-state index in [1.807, 2.05) is 36.4 Å². The van der Waals surface area contributed by atoms with E-state index in [0.29, 0.717) is 0 Å². The molecule has 1 aromatic carbocycles. The number of pyridine rings is 1. The average molecular weight is 355 g/mol. The summed E-state index contributed by atoms with van der Waals surface area (Å²) in [5.74, 6) is 1.63. The number of hydrogen-bond acceptors (Lipinski definition) is 6. The molecule has 0 fully saturated rings. The third-order valence-electron chi connectivity index (χ3n) is 3.80. The Kier molecular flexibility index (Phi) is 5.63. The summed E-state index contributed by atoms with van der Waals surface area (Å²) in [5, 5.41) is 3.04. The highest BCUT2D eigenvalue weighted by Crippen LogP contribution is 2.26. The molecule has 0 radical (unpaired) electrons. The molecule has 0 saturated carbocycles. The van der Waals surface area contributed by atoms with Gasteiger partial charge in [-0.25, -0.2) is 4.98 Å². The smallest absolute Gasteiger partial charge is 0.142 e. The van der Waals surface area contributed by atoms with Gasteiger partial charge >= 0.3 is 0 Å². The molecule has 25 heavy (non-hydrogen) atoms. The molecule has 2 aromatic heterocycles. The van der Waals surface area contributed by atoms with Crippen molar-refractivity contribution in [3.8, 4) is 22.2 Å². The van der Waals surface area contributed by atoms with Crippen molar-refractivity contribution < 1.29 is 9.47 Å². The monoisotopic (exact) mass is 355 g/mol. The summed E-state index contributed by atoms with van der Waals surface area (Å²) in [7, 11) is 5.41. The Labute approximate surface area is 151 Å². The number of thiazole rings is 1. The van der Waals surface area contributed by atoms with E-state index >= 15 is 0 Å². The summed E-state index contributed by atoms with van der Waals surface area (Å²) in [6.45, 7) is 1.53. The zero-order valence-electron chi connectivity index (χ0n) is 14.6. The summed E-state index contributed by atoms with van der Waals surface area (Å²) in [6.07, 6.45) is 1.79. The van der Waals surface area contributed by atoms with E-state index in [4.69, 9.17) is 14.5 Å². The lowest BCUT2D eigenvalue weighted by molar-refractivity contribution is 0.306. The molecule has 0 saturated heterocycles. The minimum absolute atomic E-state index is 0.762. The summed E-state index contributed by atoms with van der Waals surface area (Å²) >= 11 is 1.62. The topological polar surface area (TPSA) is 47.5 Å². The third kappa shape index (κ3) is 4.35. The second-order valence-electron chi connectivity index (χ2n) is 5.71. The Balaban J connectivity index is 1.67. The summed E-state index contributed by atoms with van der Waals surface area (Å²) in [6, 6.07) is 11.8. The van der Waals surface area contributed by atoms with Crippen molar-refractivity contribution in [1.29, 1.82) is 0 Å². The van der Waals surface area contributed by atoms with Gasteiger partial charge in [-0.05, 0) is 25.2 Å². The average Bonchev–Trinajstić information content (AvgIpc) is 3.11. The molecule has 3 rings (SSSR count). The van der Waals surface area contributed by atoms with Crippen LogP contribution in [0.1, 0.15) is 11.3 Å². The molecule has 2 heterocycles. The number of ether oxygens (including phenoxy) is 2. The molecule has 0 spiro atoms. The van der Waals surface area contributed by atoms with Gasteiger partial charge in [0.1, 0.15) is 16.5 Å². The van der Waals surface area contributed by atoms with Crippen molar-refractivity contribution in [2.45, 2.75) is 13.1 Å². The van der Waals surface area contributed by atoms with Crippen molar-refractivity contribution in [3.05, 3.63) is 59.2 Å². The van der Waals surface area contributed by atoms with Crippen LogP contribution in [0.3, 0.4) is 0 Å². The van der Waals surface area contributed by atoms with Gasteiger partial charge in [-0.15, -0.1) is 11.3 Å². The van der Waals surface area contributed by atoms with Crippen molar-refractivity contribution in [2.75, 3.05) is 21.3 Å². The molecular weight excluding hydrogens is 334 g/mol. The van der Waals surface area contributed by atoms with Crippen molar-refractivity contribution in [2.24, 2.45) is 0 Å². The Bertz CT molecular complexity index is 821. The number of hydrogen-bond donors (Lipinski definition) is 0. The van der Waals surface area contributed by atoms with Gasteiger partial charge in [0, 0.05) is 36.3 Å². The number of nitrogens with zero attached hydrogens (tertiary/aromatic N) is 3. The maximum absolute atomic E-state index is 5.47. The molecule has 0 aliphatic carbocycles. The zero-order chi connectivity index (χ0) is 17.6. The molecule has 0 atom stereocenters. The zero-order valence-corrected chi connectivity index (χ0v) is 15.4. The van der Waals surface area contributed by atoms with Crippen LogP contribution in [0, 0.1) is 0 Å². The second-order valence-corrected chi connectivity index (χ2v) is 6.57. The van der Waals surface area contributed by atoms with Crippen molar-refractivity contribution >= 4 is 11.3 Å². The van der Waals surface area contributed by atoms with Gasteiger partial charge < -0.3 is 9.47 Å². The second kappa shape index (κ2) is 8.09. The first-order valence-electron chi connectivity index (χ1n) is 7.95. The van der Waals surface area contributed by atoms with Crippen LogP contribution in [-0.4, -0.2) is 36.1 Å². The van der Waals surface area contributed by atoms with E-state index in [9.17, 15) is 0 Å². The minimum Gasteiger partial charge on any atom is -0.497 e. The van der Waals surface area contributed by atoms with Crippen LogP contribution in [0.2, 0.25) is 0 Å². The fourth-order valence-electron chi connectivity index (χ4n) is 2.59. The van der Waals surface area contributed by atoms with Crippen LogP contribution in [0.25, 0.3) is 10.7 Å². The van der Waals surface area contributed by atoms with Crippen LogP contribution in [0.4, 0.5) is 0 Å². The minimum atomic E-state index is 0.762. The van der Waals surface area contributed by atoms with Gasteiger partial charge in [-0.2, -0.15) is 0 Å². The normalized spacial score (nSPS) is 10.9. The van der Waals surface area contributed by atoms with E-state index in [1.165, 1.54) is 0 Å². The first-order chi connectivity index (χ1) is 12.2. The van der Waals surface area contributed by atoms with E-state index in [0.717, 1.165) is 46.5 Å². The highest BCUT2D eigenvalue weighted by Gasteiger charge is 2.11. The maximum atomic E-state index is 5.47. The van der Waals surface area contributed by atoms with E-state index in [2.05, 4.69) is 22.3 Å². The van der Waals surface area contributed by atoms with Crippen LogP contribution < -0.4 is 9.47 Å². The van der Waals surface area contributed by atoms with Crippen LogP contribution in [0.15, 0.2) is 48.0 Å². The van der Waals surface area contributed by atoms with Crippen molar-refractivity contribution in [3.63, 3.8) is 0 Å². The molecule has 0 aliphatic rings. The van der Waals surface area contributed by atoms with Crippen LogP contribution in [-0.2, 0) is 13.1 Å². The molecule has 0 amide bonds. The largest absolute Gasteiger partial charge is 0.497 e. The van der Waals surface area contributed by atoms with Crippen LogP contribution >= 0.6 is 11.3 Å². The Morgan fingerprint density at radius 1 is 1.08 bits per heavy atom. The van der Waals surface area contributed by atoms with Gasteiger partial charge in [-0.1, -0.05) is 12.1 Å². The predicted octanol–water partition coefficient (Wildman–Crippen LogP) is 3.85. The molecular formula is C19H21N3O2S. The standard InChI is InChI=1S/C19H21N3O2S/c1-22(11-14-7-8-16(23-2)10-18(14)24-3)12-15-13-25-19(21-15)17-6-4-5-9-20-17/h4-10,13H,11-12H2,1-3H3. The van der Waals surface area contributed by atoms with Gasteiger partial charge in [0.05, 0.1) is 25.6 Å².